The van der Waals surface area contributed by atoms with E-state index in [4.69, 9.17) is 0 Å². The summed E-state index contributed by atoms with van der Waals surface area (Å²) in [5.74, 6) is 0. The summed E-state index contributed by atoms with van der Waals surface area (Å²) in [6, 6.07) is 1.99. The number of rotatable bonds is 3. The fourth-order valence-corrected chi connectivity index (χ4v) is 1.37. The zero-order chi connectivity index (χ0) is 12.3. The summed E-state index contributed by atoms with van der Waals surface area (Å²) in [5.41, 5.74) is 1.97. The zero-order valence-electron chi connectivity index (χ0n) is 10.4. The Bertz CT molecular complexity index is 469. The van der Waals surface area contributed by atoms with E-state index in [2.05, 4.69) is 41.2 Å². The minimum Gasteiger partial charge on any atom is -0.306 e. The highest BCUT2D eigenvalue weighted by Crippen LogP contribution is 2.06. The van der Waals surface area contributed by atoms with Crippen LogP contribution in [0.3, 0.4) is 0 Å². The first-order valence-corrected chi connectivity index (χ1v) is 5.59. The Morgan fingerprint density at radius 3 is 2.59 bits per heavy atom. The molecule has 2 heterocycles. The van der Waals surface area contributed by atoms with E-state index in [0.29, 0.717) is 0 Å². The van der Waals surface area contributed by atoms with Gasteiger partial charge in [-0.2, -0.15) is 5.10 Å². The Hall–Kier alpha value is -1.75. The Labute approximate surface area is 101 Å². The van der Waals surface area contributed by atoms with Gasteiger partial charge in [-0.25, -0.2) is 14.6 Å². The predicted molar refractivity (Wildman–Crippen MR) is 65.7 cm³/mol. The quantitative estimate of drug-likeness (QED) is 0.870. The molecule has 5 nitrogen and oxygen atoms in total. The van der Waals surface area contributed by atoms with Crippen LogP contribution in [0.25, 0.3) is 5.69 Å². The monoisotopic (exact) mass is 231 g/mol. The summed E-state index contributed by atoms with van der Waals surface area (Å²) in [6.45, 7) is 7.16. The molecule has 0 saturated heterocycles. The van der Waals surface area contributed by atoms with Gasteiger partial charge >= 0.3 is 0 Å². The molecule has 17 heavy (non-hydrogen) atoms. The number of hydrogen-bond donors (Lipinski definition) is 1. The van der Waals surface area contributed by atoms with E-state index in [1.54, 1.807) is 17.1 Å². The van der Waals surface area contributed by atoms with Gasteiger partial charge in [-0.1, -0.05) is 0 Å². The van der Waals surface area contributed by atoms with E-state index < -0.39 is 0 Å². The van der Waals surface area contributed by atoms with Gasteiger partial charge in [0.2, 0.25) is 0 Å². The van der Waals surface area contributed by atoms with Gasteiger partial charge in [-0.15, -0.1) is 0 Å². The fourth-order valence-electron chi connectivity index (χ4n) is 1.37. The Kier molecular flexibility index (Phi) is 3.19. The van der Waals surface area contributed by atoms with Crippen molar-refractivity contribution in [2.75, 3.05) is 0 Å². The van der Waals surface area contributed by atoms with Crippen LogP contribution in [0.15, 0.2) is 31.0 Å². The lowest BCUT2D eigenvalue weighted by molar-refractivity contribution is 0.420. The van der Waals surface area contributed by atoms with Crippen molar-refractivity contribution in [3.05, 3.63) is 36.7 Å². The lowest BCUT2D eigenvalue weighted by atomic mass is 10.1. The molecule has 0 unspecified atom stereocenters. The van der Waals surface area contributed by atoms with E-state index in [0.717, 1.165) is 17.9 Å². The summed E-state index contributed by atoms with van der Waals surface area (Å²) in [7, 11) is 0. The topological polar surface area (TPSA) is 55.6 Å². The van der Waals surface area contributed by atoms with E-state index >= 15 is 0 Å². The molecular formula is C12H17N5. The minimum absolute atomic E-state index is 0.0969. The molecule has 2 rings (SSSR count). The molecule has 0 radical (unpaired) electrons. The third-order valence-corrected chi connectivity index (χ3v) is 2.26. The lowest BCUT2D eigenvalue weighted by Gasteiger charge is -2.19. The maximum atomic E-state index is 4.46. The smallest absolute Gasteiger partial charge is 0.115 e. The maximum Gasteiger partial charge on any atom is 0.115 e. The summed E-state index contributed by atoms with van der Waals surface area (Å²) >= 11 is 0. The molecule has 0 saturated carbocycles. The van der Waals surface area contributed by atoms with Gasteiger partial charge in [0.1, 0.15) is 12.0 Å². The SMILES string of the molecule is CC(C)(C)NCc1ccn(-c2cncnc2)n1. The van der Waals surface area contributed by atoms with E-state index in [-0.39, 0.29) is 5.54 Å². The first-order chi connectivity index (χ1) is 8.04. The van der Waals surface area contributed by atoms with Gasteiger partial charge < -0.3 is 5.32 Å². The number of nitrogens with one attached hydrogen (secondary N) is 1. The standard InChI is InChI=1S/C12H17N5/c1-12(2,3)15-6-10-4-5-17(16-10)11-7-13-9-14-8-11/h4-5,7-9,15H,6H2,1-3H3. The van der Waals surface area contributed by atoms with Gasteiger partial charge in [0, 0.05) is 18.3 Å². The zero-order valence-corrected chi connectivity index (χ0v) is 10.4. The molecule has 0 spiro atoms. The molecular weight excluding hydrogens is 214 g/mol. The second kappa shape index (κ2) is 4.63. The van der Waals surface area contributed by atoms with Crippen LogP contribution in [0.1, 0.15) is 26.5 Å². The van der Waals surface area contributed by atoms with Gasteiger partial charge in [-0.05, 0) is 26.8 Å². The summed E-state index contributed by atoms with van der Waals surface area (Å²) in [6.07, 6.45) is 6.90. The van der Waals surface area contributed by atoms with Crippen LogP contribution in [-0.4, -0.2) is 25.3 Å². The molecule has 2 aromatic heterocycles. The molecule has 0 aliphatic heterocycles. The van der Waals surface area contributed by atoms with Gasteiger partial charge in [0.15, 0.2) is 0 Å². The normalized spacial score (nSPS) is 11.7. The molecule has 1 N–H and O–H groups in total. The van der Waals surface area contributed by atoms with Crippen molar-refractivity contribution >= 4 is 0 Å². The Morgan fingerprint density at radius 2 is 1.94 bits per heavy atom. The average Bonchev–Trinajstić information content (AvgIpc) is 2.75. The summed E-state index contributed by atoms with van der Waals surface area (Å²) < 4.78 is 1.78. The molecule has 0 aromatic carbocycles. The van der Waals surface area contributed by atoms with Crippen molar-refractivity contribution in [3.63, 3.8) is 0 Å². The van der Waals surface area contributed by atoms with E-state index in [9.17, 15) is 0 Å². The fraction of sp³-hybridized carbons (Fsp3) is 0.417. The minimum atomic E-state index is 0.0969. The molecule has 0 bridgehead atoms. The molecule has 0 atom stereocenters. The summed E-state index contributed by atoms with van der Waals surface area (Å²) in [4.78, 5) is 7.94. The second-order valence-corrected chi connectivity index (χ2v) is 4.95. The van der Waals surface area contributed by atoms with Gasteiger partial charge in [0.05, 0.1) is 18.1 Å². The second-order valence-electron chi connectivity index (χ2n) is 4.95. The maximum absolute atomic E-state index is 4.46. The third-order valence-electron chi connectivity index (χ3n) is 2.26. The highest BCUT2D eigenvalue weighted by Gasteiger charge is 2.09. The van der Waals surface area contributed by atoms with Crippen LogP contribution < -0.4 is 5.32 Å². The molecule has 2 aromatic rings. The Balaban J connectivity index is 2.07. The van der Waals surface area contributed by atoms with Crippen LogP contribution >= 0.6 is 0 Å². The van der Waals surface area contributed by atoms with Crippen molar-refractivity contribution in [1.82, 2.24) is 25.1 Å². The third kappa shape index (κ3) is 3.35. The molecule has 5 heteroatoms. The molecule has 90 valence electrons. The number of nitrogens with zero attached hydrogens (tertiary/aromatic N) is 4. The van der Waals surface area contributed by atoms with E-state index in [1.807, 2.05) is 12.3 Å². The van der Waals surface area contributed by atoms with Crippen LogP contribution in [0, 0.1) is 0 Å². The lowest BCUT2D eigenvalue weighted by Crippen LogP contribution is -2.35. The van der Waals surface area contributed by atoms with Crippen LogP contribution in [-0.2, 0) is 6.54 Å². The molecule has 0 amide bonds. The van der Waals surface area contributed by atoms with Crippen molar-refractivity contribution < 1.29 is 0 Å². The van der Waals surface area contributed by atoms with Crippen LogP contribution in [0.2, 0.25) is 0 Å². The molecule has 0 aliphatic carbocycles. The number of aromatic nitrogens is 4. The molecule has 0 aliphatic rings. The highest BCUT2D eigenvalue weighted by molar-refractivity contribution is 5.23. The van der Waals surface area contributed by atoms with Crippen molar-refractivity contribution in [2.24, 2.45) is 0 Å². The average molecular weight is 231 g/mol. The number of hydrogen-bond acceptors (Lipinski definition) is 4. The van der Waals surface area contributed by atoms with Gasteiger partial charge in [-0.3, -0.25) is 0 Å². The van der Waals surface area contributed by atoms with Crippen LogP contribution in [0.5, 0.6) is 0 Å². The van der Waals surface area contributed by atoms with Crippen molar-refractivity contribution in [2.45, 2.75) is 32.9 Å². The highest BCUT2D eigenvalue weighted by atomic mass is 15.3. The van der Waals surface area contributed by atoms with Crippen LogP contribution in [0.4, 0.5) is 0 Å². The van der Waals surface area contributed by atoms with Gasteiger partial charge in [0.25, 0.3) is 0 Å². The first-order valence-electron chi connectivity index (χ1n) is 5.59. The summed E-state index contributed by atoms with van der Waals surface area (Å²) in [5, 5.41) is 7.85. The van der Waals surface area contributed by atoms with Crippen molar-refractivity contribution in [3.8, 4) is 5.69 Å². The molecule has 0 fully saturated rings. The predicted octanol–water partition coefficient (Wildman–Crippen LogP) is 1.55. The Morgan fingerprint density at radius 1 is 1.24 bits per heavy atom. The van der Waals surface area contributed by atoms with E-state index in [1.165, 1.54) is 6.33 Å². The largest absolute Gasteiger partial charge is 0.306 e. The first kappa shape index (κ1) is 11.7. The van der Waals surface area contributed by atoms with Crippen molar-refractivity contribution in [1.29, 1.82) is 0 Å².